The molecule has 7 atom stereocenters. The molecule has 0 bridgehead atoms. The molecule has 0 N–H and O–H groups in total. The Morgan fingerprint density at radius 2 is 1.80 bits per heavy atom. The van der Waals surface area contributed by atoms with E-state index in [9.17, 15) is 19.2 Å². The fourth-order valence-electron chi connectivity index (χ4n) is 8.02. The number of hydrogen-bond donors (Lipinski definition) is 0. The number of esters is 1. The first-order valence-corrected chi connectivity index (χ1v) is 11.6. The number of allylic oxidation sites excluding steroid dienone is 1. The average Bonchev–Trinajstić information content (AvgIpc) is 3.05. The van der Waals surface area contributed by atoms with Gasteiger partial charge in [-0.05, 0) is 81.6 Å². The van der Waals surface area contributed by atoms with E-state index in [1.165, 1.54) is 0 Å². The first-order chi connectivity index (χ1) is 14.1. The van der Waals surface area contributed by atoms with Crippen molar-refractivity contribution in [2.24, 2.45) is 40.4 Å². The van der Waals surface area contributed by atoms with Crippen molar-refractivity contribution >= 4 is 23.3 Å². The molecule has 0 radical (unpaired) electrons. The zero-order chi connectivity index (χ0) is 21.8. The molecule has 0 heterocycles. The van der Waals surface area contributed by atoms with Crippen LogP contribution in [0.25, 0.3) is 0 Å². The van der Waals surface area contributed by atoms with Crippen LogP contribution in [0.1, 0.15) is 72.6 Å². The van der Waals surface area contributed by atoms with E-state index in [1.807, 2.05) is 0 Å². The van der Waals surface area contributed by atoms with Gasteiger partial charge in [-0.3, -0.25) is 14.4 Å². The van der Waals surface area contributed by atoms with Crippen molar-refractivity contribution in [3.63, 3.8) is 0 Å². The van der Waals surface area contributed by atoms with Gasteiger partial charge in [-0.2, -0.15) is 0 Å². The Balaban J connectivity index is 1.71. The van der Waals surface area contributed by atoms with Crippen LogP contribution in [0, 0.1) is 40.4 Å². The summed E-state index contributed by atoms with van der Waals surface area (Å²) in [7, 11) is 0. The number of ketones is 3. The largest absolute Gasteiger partial charge is 0.460 e. The van der Waals surface area contributed by atoms with Gasteiger partial charge in [-0.15, -0.1) is 0 Å². The lowest BCUT2D eigenvalue weighted by molar-refractivity contribution is -0.160. The maximum absolute atomic E-state index is 13.1. The van der Waals surface area contributed by atoms with Gasteiger partial charge in [-0.25, -0.2) is 4.79 Å². The maximum Gasteiger partial charge on any atom is 0.374 e. The van der Waals surface area contributed by atoms with Crippen molar-refractivity contribution in [2.45, 2.75) is 72.6 Å². The minimum absolute atomic E-state index is 0.0374. The molecular weight excluding hydrogens is 380 g/mol. The Hall–Kier alpha value is -1.78. The van der Waals surface area contributed by atoms with Crippen LogP contribution in [0.2, 0.25) is 0 Å². The monoisotopic (exact) mass is 414 g/mol. The normalized spacial score (nSPS) is 42.5. The highest BCUT2D eigenvalue weighted by molar-refractivity contribution is 6.35. The number of carbonyl (C=O) groups excluding carboxylic acids is 4. The van der Waals surface area contributed by atoms with Gasteiger partial charge in [0, 0.05) is 23.7 Å². The smallest absolute Gasteiger partial charge is 0.374 e. The number of fused-ring (bicyclic) bond motifs is 5. The van der Waals surface area contributed by atoms with E-state index >= 15 is 0 Å². The van der Waals surface area contributed by atoms with Crippen LogP contribution in [-0.2, 0) is 23.9 Å². The molecule has 5 nitrogen and oxygen atoms in total. The predicted molar refractivity (Wildman–Crippen MR) is 111 cm³/mol. The number of ether oxygens (including phenoxy) is 1. The van der Waals surface area contributed by atoms with Gasteiger partial charge in [0.05, 0.1) is 6.61 Å². The van der Waals surface area contributed by atoms with E-state index < -0.39 is 23.1 Å². The molecule has 4 aliphatic carbocycles. The molecule has 30 heavy (non-hydrogen) atoms. The molecule has 5 heteroatoms. The zero-order valence-corrected chi connectivity index (χ0v) is 18.7. The lowest BCUT2D eigenvalue weighted by Crippen LogP contribution is -2.55. The van der Waals surface area contributed by atoms with E-state index in [0.29, 0.717) is 17.6 Å². The number of hydrogen-bond acceptors (Lipinski definition) is 5. The third kappa shape index (κ3) is 2.95. The quantitative estimate of drug-likeness (QED) is 0.512. The average molecular weight is 415 g/mol. The first kappa shape index (κ1) is 21.5. The van der Waals surface area contributed by atoms with Crippen molar-refractivity contribution in [1.29, 1.82) is 0 Å². The van der Waals surface area contributed by atoms with Crippen LogP contribution in [0.15, 0.2) is 11.6 Å². The van der Waals surface area contributed by atoms with Gasteiger partial charge >= 0.3 is 5.97 Å². The number of Topliss-reactive ketones (excluding diaryl/α,β-unsaturated/α-hetero) is 2. The van der Waals surface area contributed by atoms with Crippen LogP contribution in [-0.4, -0.2) is 29.9 Å². The molecule has 0 spiro atoms. The molecule has 3 saturated carbocycles. The summed E-state index contributed by atoms with van der Waals surface area (Å²) in [5.41, 5.74) is 0.610. The van der Waals surface area contributed by atoms with E-state index in [2.05, 4.69) is 13.8 Å². The van der Waals surface area contributed by atoms with E-state index in [1.54, 1.807) is 19.9 Å². The Kier molecular flexibility index (Phi) is 5.31. The van der Waals surface area contributed by atoms with Crippen molar-refractivity contribution in [3.8, 4) is 0 Å². The molecule has 0 saturated heterocycles. The Bertz CT molecular complexity index is 825. The summed E-state index contributed by atoms with van der Waals surface area (Å²) in [6.45, 7) is 7.99. The first-order valence-electron chi connectivity index (χ1n) is 11.6. The minimum Gasteiger partial charge on any atom is -0.460 e. The summed E-state index contributed by atoms with van der Waals surface area (Å²) in [6, 6.07) is 0. The highest BCUT2D eigenvalue weighted by Crippen LogP contribution is 2.67. The van der Waals surface area contributed by atoms with Gasteiger partial charge in [0.25, 0.3) is 0 Å². The van der Waals surface area contributed by atoms with Crippen LogP contribution in [0.3, 0.4) is 0 Å². The summed E-state index contributed by atoms with van der Waals surface area (Å²) in [5.74, 6) is -0.428. The van der Waals surface area contributed by atoms with Crippen LogP contribution < -0.4 is 0 Å². The second kappa shape index (κ2) is 7.42. The minimum atomic E-state index is -0.807. The van der Waals surface area contributed by atoms with Crippen LogP contribution >= 0.6 is 0 Å². The zero-order valence-electron chi connectivity index (χ0n) is 18.7. The molecule has 0 aromatic heterocycles. The number of rotatable bonds is 4. The summed E-state index contributed by atoms with van der Waals surface area (Å²) in [6.07, 6.45) is 7.59. The third-order valence-electron chi connectivity index (χ3n) is 9.39. The van der Waals surface area contributed by atoms with Crippen molar-refractivity contribution in [3.05, 3.63) is 11.6 Å². The molecule has 4 aliphatic rings. The van der Waals surface area contributed by atoms with Gasteiger partial charge in [-0.1, -0.05) is 19.4 Å². The predicted octanol–water partition coefficient (Wildman–Crippen LogP) is 4.08. The van der Waals surface area contributed by atoms with Crippen LogP contribution in [0.5, 0.6) is 0 Å². The molecule has 0 amide bonds. The molecule has 1 unspecified atom stereocenters. The Labute approximate surface area is 179 Å². The summed E-state index contributed by atoms with van der Waals surface area (Å²) >= 11 is 0. The molecule has 4 rings (SSSR count). The van der Waals surface area contributed by atoms with Crippen molar-refractivity contribution in [1.82, 2.24) is 0 Å². The van der Waals surface area contributed by atoms with Gasteiger partial charge in [0.1, 0.15) is 5.78 Å². The molecule has 0 aromatic rings. The van der Waals surface area contributed by atoms with Crippen molar-refractivity contribution in [2.75, 3.05) is 6.61 Å². The summed E-state index contributed by atoms with van der Waals surface area (Å²) in [4.78, 5) is 50.2. The van der Waals surface area contributed by atoms with Gasteiger partial charge in [0.15, 0.2) is 5.78 Å². The fraction of sp³-hybridized carbons (Fsp3) is 0.760. The second-order valence-corrected chi connectivity index (χ2v) is 10.5. The molecule has 0 aromatic carbocycles. The van der Waals surface area contributed by atoms with Gasteiger partial charge < -0.3 is 4.74 Å². The standard InChI is InChI=1S/C25H34O5/c1-5-30-23(29)22(28)21-13-16(27)12-15-6-7-17-19-9-8-18(14(2)26)24(19,3)11-10-20(17)25(15,21)4/h12,17-21H,5-11,13H2,1-4H3/t17-,18+,19-,20-,21?,24+,25+/m0/s1. The van der Waals surface area contributed by atoms with Crippen molar-refractivity contribution < 1.29 is 23.9 Å². The third-order valence-corrected chi connectivity index (χ3v) is 9.39. The molecule has 0 aliphatic heterocycles. The SMILES string of the molecule is CCOC(=O)C(=O)C1CC(=O)C=C2CC[C@H]3[C@@H]4CC[C@H](C(C)=O)[C@@]4(C)CC[C@@H]3[C@@]21C. The topological polar surface area (TPSA) is 77.5 Å². The fourth-order valence-corrected chi connectivity index (χ4v) is 8.02. The lowest BCUT2D eigenvalue weighted by atomic mass is 9.44. The highest BCUT2D eigenvalue weighted by Gasteiger charge is 2.62. The van der Waals surface area contributed by atoms with Crippen LogP contribution in [0.4, 0.5) is 0 Å². The summed E-state index contributed by atoms with van der Waals surface area (Å²) < 4.78 is 5.02. The number of carbonyl (C=O) groups is 4. The highest BCUT2D eigenvalue weighted by atomic mass is 16.5. The van der Waals surface area contributed by atoms with Gasteiger partial charge in [0.2, 0.25) is 5.78 Å². The molecular formula is C25H34O5. The lowest BCUT2D eigenvalue weighted by Gasteiger charge is -2.59. The molecule has 164 valence electrons. The summed E-state index contributed by atoms with van der Waals surface area (Å²) in [5, 5.41) is 0. The Morgan fingerprint density at radius 3 is 2.47 bits per heavy atom. The van der Waals surface area contributed by atoms with E-state index in [0.717, 1.165) is 44.1 Å². The van der Waals surface area contributed by atoms with E-state index in [4.69, 9.17) is 4.74 Å². The van der Waals surface area contributed by atoms with E-state index in [-0.39, 0.29) is 36.1 Å². The Morgan fingerprint density at radius 1 is 1.07 bits per heavy atom. The second-order valence-electron chi connectivity index (χ2n) is 10.5. The maximum atomic E-state index is 13.1. The molecule has 3 fully saturated rings.